The highest BCUT2D eigenvalue weighted by Gasteiger charge is 2.51. The highest BCUT2D eigenvalue weighted by Crippen LogP contribution is 2.60. The molecule has 1 saturated heterocycles. The monoisotopic (exact) mass is 576 g/mol. The molecule has 3 aliphatic carbocycles. The zero-order chi connectivity index (χ0) is 30.1. The number of aliphatic carboxylic acids is 1. The molecule has 5 N–H and O–H groups in total. The molecule has 0 aromatic carbocycles. The predicted molar refractivity (Wildman–Crippen MR) is 156 cm³/mol. The Hall–Kier alpha value is -1.55. The molecule has 8 heteroatoms. The van der Waals surface area contributed by atoms with Crippen molar-refractivity contribution in [3.8, 4) is 0 Å². The molecule has 4 rings (SSSR count). The first-order valence-corrected chi connectivity index (χ1v) is 15.7. The average molecular weight is 577 g/mol. The minimum atomic E-state index is -1.78. The van der Waals surface area contributed by atoms with Crippen molar-refractivity contribution < 1.29 is 39.8 Å². The Morgan fingerprint density at radius 3 is 2.51 bits per heavy atom. The third-order valence-corrected chi connectivity index (χ3v) is 10.6. The van der Waals surface area contributed by atoms with Gasteiger partial charge in [-0.3, -0.25) is 0 Å². The fourth-order valence-electron chi connectivity index (χ4n) is 8.17. The SMILES string of the molecule is C=C1C(=CC=C2CCCC3(C)C2CCC3C(C)CCCC(C)C)CC(OC2OC(C(=O)O)C(O)C(O)C2O)CC1O. The van der Waals surface area contributed by atoms with E-state index in [0.717, 1.165) is 29.7 Å². The van der Waals surface area contributed by atoms with Crippen molar-refractivity contribution in [1.82, 2.24) is 0 Å². The highest BCUT2D eigenvalue weighted by molar-refractivity contribution is 5.73. The van der Waals surface area contributed by atoms with Crippen LogP contribution in [-0.4, -0.2) is 74.4 Å². The quantitative estimate of drug-likeness (QED) is 0.271. The zero-order valence-corrected chi connectivity index (χ0v) is 25.2. The number of carboxylic acids is 1. The minimum Gasteiger partial charge on any atom is -0.479 e. The molecule has 8 nitrogen and oxygen atoms in total. The van der Waals surface area contributed by atoms with Crippen LogP contribution in [0.4, 0.5) is 0 Å². The first kappa shape index (κ1) is 32.4. The molecule has 4 aliphatic rings. The normalized spacial score (nSPS) is 42.6. The van der Waals surface area contributed by atoms with Crippen molar-refractivity contribution in [2.24, 2.45) is 29.1 Å². The summed E-state index contributed by atoms with van der Waals surface area (Å²) in [7, 11) is 0. The van der Waals surface area contributed by atoms with Gasteiger partial charge in [0.25, 0.3) is 0 Å². The Balaban J connectivity index is 1.45. The van der Waals surface area contributed by atoms with Gasteiger partial charge in [0.15, 0.2) is 12.4 Å². The summed E-state index contributed by atoms with van der Waals surface area (Å²) in [5.41, 5.74) is 3.27. The lowest BCUT2D eigenvalue weighted by molar-refractivity contribution is -0.305. The van der Waals surface area contributed by atoms with E-state index in [9.17, 15) is 30.3 Å². The fraction of sp³-hybridized carbons (Fsp3) is 0.788. The van der Waals surface area contributed by atoms with E-state index in [-0.39, 0.29) is 6.42 Å². The molecule has 41 heavy (non-hydrogen) atoms. The van der Waals surface area contributed by atoms with Crippen LogP contribution in [0.5, 0.6) is 0 Å². The van der Waals surface area contributed by atoms with Crippen LogP contribution >= 0.6 is 0 Å². The van der Waals surface area contributed by atoms with E-state index in [1.165, 1.54) is 50.5 Å². The van der Waals surface area contributed by atoms with Crippen molar-refractivity contribution in [2.75, 3.05) is 0 Å². The summed E-state index contributed by atoms with van der Waals surface area (Å²) in [6, 6.07) is 0. The summed E-state index contributed by atoms with van der Waals surface area (Å²) in [6.07, 6.45) is 5.07. The van der Waals surface area contributed by atoms with Crippen LogP contribution in [0.1, 0.15) is 91.9 Å². The van der Waals surface area contributed by atoms with Crippen molar-refractivity contribution in [2.45, 2.75) is 135 Å². The largest absolute Gasteiger partial charge is 0.479 e. The summed E-state index contributed by atoms with van der Waals surface area (Å²) >= 11 is 0. The molecule has 232 valence electrons. The van der Waals surface area contributed by atoms with Gasteiger partial charge in [-0.15, -0.1) is 0 Å². The molecule has 3 saturated carbocycles. The Morgan fingerprint density at radius 2 is 1.83 bits per heavy atom. The van der Waals surface area contributed by atoms with E-state index in [0.29, 0.717) is 23.3 Å². The number of carbonyl (C=O) groups is 1. The second-order valence-electron chi connectivity index (χ2n) is 13.8. The smallest absolute Gasteiger partial charge is 0.335 e. The number of aliphatic hydroxyl groups excluding tert-OH is 4. The van der Waals surface area contributed by atoms with Gasteiger partial charge in [-0.05, 0) is 78.8 Å². The van der Waals surface area contributed by atoms with Crippen molar-refractivity contribution in [3.05, 3.63) is 35.5 Å². The molecule has 0 amide bonds. The van der Waals surface area contributed by atoms with Crippen LogP contribution < -0.4 is 0 Å². The topological polar surface area (TPSA) is 137 Å². The third-order valence-electron chi connectivity index (χ3n) is 10.6. The standard InChI is InChI=1S/C33H52O8/c1-18(2)8-6-9-19(3)24-13-14-25-21(10-7-15-33(24,25)5)11-12-22-16-23(17-26(34)20(22)4)40-32-29(37)27(35)28(36)30(41-32)31(38)39/h11-12,18-19,23-30,32,34-37H,4,6-10,13-17H2,1-3,5H3,(H,38,39). The van der Waals surface area contributed by atoms with Crippen molar-refractivity contribution in [3.63, 3.8) is 0 Å². The number of rotatable bonds is 9. The third kappa shape index (κ3) is 7.00. The number of ether oxygens (including phenoxy) is 2. The second-order valence-corrected chi connectivity index (χ2v) is 13.8. The van der Waals surface area contributed by atoms with Crippen LogP contribution in [0.15, 0.2) is 35.5 Å². The van der Waals surface area contributed by atoms with Crippen LogP contribution in [0, 0.1) is 29.1 Å². The van der Waals surface area contributed by atoms with Gasteiger partial charge in [0.2, 0.25) is 0 Å². The van der Waals surface area contributed by atoms with Gasteiger partial charge in [0.05, 0.1) is 12.2 Å². The van der Waals surface area contributed by atoms with E-state index >= 15 is 0 Å². The number of fused-ring (bicyclic) bond motifs is 1. The van der Waals surface area contributed by atoms with Crippen LogP contribution in [-0.2, 0) is 14.3 Å². The maximum atomic E-state index is 11.5. The molecule has 0 aromatic heterocycles. The first-order valence-electron chi connectivity index (χ1n) is 15.7. The molecule has 11 unspecified atom stereocenters. The number of hydrogen-bond acceptors (Lipinski definition) is 7. The number of aliphatic hydroxyl groups is 4. The second kappa shape index (κ2) is 13.4. The van der Waals surface area contributed by atoms with Crippen molar-refractivity contribution in [1.29, 1.82) is 0 Å². The van der Waals surface area contributed by atoms with E-state index in [4.69, 9.17) is 9.47 Å². The van der Waals surface area contributed by atoms with E-state index in [2.05, 4.69) is 46.4 Å². The summed E-state index contributed by atoms with van der Waals surface area (Å²) < 4.78 is 11.2. The molecule has 11 atom stereocenters. The lowest BCUT2D eigenvalue weighted by Crippen LogP contribution is -2.61. The molecule has 0 radical (unpaired) electrons. The zero-order valence-electron chi connectivity index (χ0n) is 25.2. The Labute approximate surface area is 245 Å². The number of carboxylic acid groups (broad SMARTS) is 1. The Morgan fingerprint density at radius 1 is 1.10 bits per heavy atom. The van der Waals surface area contributed by atoms with Gasteiger partial charge in [0.1, 0.15) is 18.3 Å². The van der Waals surface area contributed by atoms with Crippen LogP contribution in [0.2, 0.25) is 0 Å². The molecule has 0 aromatic rings. The molecule has 0 spiro atoms. The van der Waals surface area contributed by atoms with E-state index < -0.39 is 48.9 Å². The minimum absolute atomic E-state index is 0.201. The number of hydrogen-bond donors (Lipinski definition) is 5. The highest BCUT2D eigenvalue weighted by atomic mass is 16.7. The van der Waals surface area contributed by atoms with Gasteiger partial charge in [0, 0.05) is 6.42 Å². The number of allylic oxidation sites excluding steroid dienone is 3. The molecule has 0 bridgehead atoms. The van der Waals surface area contributed by atoms with Crippen molar-refractivity contribution >= 4 is 5.97 Å². The summed E-state index contributed by atoms with van der Waals surface area (Å²) in [5, 5.41) is 50.6. The Kier molecular flexibility index (Phi) is 10.6. The molecular weight excluding hydrogens is 524 g/mol. The van der Waals surface area contributed by atoms with Crippen LogP contribution in [0.3, 0.4) is 0 Å². The summed E-state index contributed by atoms with van der Waals surface area (Å²) in [6.45, 7) is 13.7. The lowest BCUT2D eigenvalue weighted by atomic mass is 9.60. The van der Waals surface area contributed by atoms with E-state index in [1.54, 1.807) is 0 Å². The maximum Gasteiger partial charge on any atom is 0.335 e. The van der Waals surface area contributed by atoms with Gasteiger partial charge in [-0.2, -0.15) is 0 Å². The molecule has 1 heterocycles. The fourth-order valence-corrected chi connectivity index (χ4v) is 8.17. The summed E-state index contributed by atoms with van der Waals surface area (Å²) in [4.78, 5) is 11.5. The molecular formula is C33H52O8. The van der Waals surface area contributed by atoms with Crippen LogP contribution in [0.25, 0.3) is 0 Å². The molecule has 4 fully saturated rings. The van der Waals surface area contributed by atoms with Gasteiger partial charge >= 0.3 is 5.97 Å². The van der Waals surface area contributed by atoms with Gasteiger partial charge in [-0.25, -0.2) is 4.79 Å². The maximum absolute atomic E-state index is 11.5. The molecule has 1 aliphatic heterocycles. The summed E-state index contributed by atoms with van der Waals surface area (Å²) in [5.74, 6) is 1.33. The lowest BCUT2D eigenvalue weighted by Gasteiger charge is -2.44. The van der Waals surface area contributed by atoms with Gasteiger partial charge < -0.3 is 35.0 Å². The predicted octanol–water partition coefficient (Wildman–Crippen LogP) is 4.51. The average Bonchev–Trinajstić information content (AvgIpc) is 3.27. The van der Waals surface area contributed by atoms with Gasteiger partial charge in [-0.1, -0.05) is 71.3 Å². The van der Waals surface area contributed by atoms with E-state index in [1.807, 2.05) is 0 Å². The first-order chi connectivity index (χ1) is 19.3. The Bertz CT molecular complexity index is 1000.